The first-order chi connectivity index (χ1) is 9.60. The van der Waals surface area contributed by atoms with Gasteiger partial charge >= 0.3 is 0 Å². The highest BCUT2D eigenvalue weighted by molar-refractivity contribution is 5.97. The van der Waals surface area contributed by atoms with Crippen LogP contribution in [-0.4, -0.2) is 25.7 Å². The summed E-state index contributed by atoms with van der Waals surface area (Å²) in [5, 5.41) is 7.19. The van der Waals surface area contributed by atoms with Gasteiger partial charge < -0.3 is 0 Å². The zero-order valence-corrected chi connectivity index (χ0v) is 11.1. The number of amides is 1. The third kappa shape index (κ3) is 1.46. The lowest BCUT2D eigenvalue weighted by Crippen LogP contribution is -2.26. The zero-order valence-electron chi connectivity index (χ0n) is 11.1. The number of rotatable bonds is 2. The van der Waals surface area contributed by atoms with Crippen molar-refractivity contribution >= 4 is 22.9 Å². The number of hydrogen-bond acceptors (Lipinski definition) is 4. The van der Waals surface area contributed by atoms with Crippen LogP contribution in [0, 0.1) is 11.3 Å². The molecule has 2 aliphatic rings. The second-order valence-corrected chi connectivity index (χ2v) is 5.82. The first kappa shape index (κ1) is 11.6. The van der Waals surface area contributed by atoms with Gasteiger partial charge in [-0.2, -0.15) is 10.1 Å². The van der Waals surface area contributed by atoms with Crippen LogP contribution in [0.2, 0.25) is 0 Å². The van der Waals surface area contributed by atoms with Crippen LogP contribution in [-0.2, 0) is 11.8 Å². The van der Waals surface area contributed by atoms with Crippen LogP contribution in [0.15, 0.2) is 11.0 Å². The molecule has 104 valence electrons. The minimum atomic E-state index is -0.283. The minimum Gasteiger partial charge on any atom is -0.296 e. The van der Waals surface area contributed by atoms with Gasteiger partial charge in [0.15, 0.2) is 5.65 Å². The molecule has 1 amide bonds. The molecule has 0 aliphatic heterocycles. The zero-order chi connectivity index (χ0) is 13.9. The molecule has 7 nitrogen and oxygen atoms in total. The molecular formula is C13H15N5O2. The van der Waals surface area contributed by atoms with E-state index in [2.05, 4.69) is 20.4 Å². The Hall–Kier alpha value is -2.18. The molecule has 2 aromatic heterocycles. The highest BCUT2D eigenvalue weighted by atomic mass is 16.2. The van der Waals surface area contributed by atoms with E-state index in [-0.39, 0.29) is 22.8 Å². The van der Waals surface area contributed by atoms with Gasteiger partial charge in [-0.15, -0.1) is 0 Å². The summed E-state index contributed by atoms with van der Waals surface area (Å²) in [4.78, 5) is 31.1. The van der Waals surface area contributed by atoms with E-state index < -0.39 is 0 Å². The van der Waals surface area contributed by atoms with Crippen molar-refractivity contribution in [3.05, 3.63) is 16.6 Å². The minimum absolute atomic E-state index is 0.00957. The topological polar surface area (TPSA) is 92.7 Å². The number of aromatic amines is 1. The average Bonchev–Trinajstić information content (AvgIpc) is 2.77. The van der Waals surface area contributed by atoms with E-state index in [1.54, 1.807) is 7.05 Å². The van der Waals surface area contributed by atoms with Gasteiger partial charge in [0.05, 0.1) is 11.6 Å². The SMILES string of the molecule is Cn1ncc2c(=O)[nH]c(NC(=O)[C@@]34CCC[C@@H]3C4)nc21. The Morgan fingerprint density at radius 3 is 3.15 bits per heavy atom. The molecule has 0 aromatic carbocycles. The lowest BCUT2D eigenvalue weighted by molar-refractivity contribution is -0.121. The number of carbonyl (C=O) groups excluding carboxylic acids is 1. The van der Waals surface area contributed by atoms with Crippen molar-refractivity contribution in [3.63, 3.8) is 0 Å². The Morgan fingerprint density at radius 2 is 2.45 bits per heavy atom. The molecule has 0 bridgehead atoms. The van der Waals surface area contributed by atoms with Crippen LogP contribution in [0.5, 0.6) is 0 Å². The van der Waals surface area contributed by atoms with Gasteiger partial charge in [-0.3, -0.25) is 24.6 Å². The van der Waals surface area contributed by atoms with Crippen molar-refractivity contribution in [3.8, 4) is 0 Å². The summed E-state index contributed by atoms with van der Waals surface area (Å²) < 4.78 is 1.52. The Bertz CT molecular complexity index is 777. The fraction of sp³-hybridized carbons (Fsp3) is 0.538. The summed E-state index contributed by atoms with van der Waals surface area (Å²) in [6.07, 6.45) is 5.64. The number of nitrogens with one attached hydrogen (secondary N) is 2. The molecule has 4 rings (SSSR count). The van der Waals surface area contributed by atoms with Gasteiger partial charge in [0.1, 0.15) is 5.39 Å². The van der Waals surface area contributed by atoms with Crippen molar-refractivity contribution in [2.75, 3.05) is 5.32 Å². The summed E-state index contributed by atoms with van der Waals surface area (Å²) in [7, 11) is 1.72. The van der Waals surface area contributed by atoms with Crippen LogP contribution < -0.4 is 10.9 Å². The number of hydrogen-bond donors (Lipinski definition) is 2. The van der Waals surface area contributed by atoms with E-state index in [0.717, 1.165) is 25.7 Å². The highest BCUT2D eigenvalue weighted by Gasteiger charge is 2.62. The van der Waals surface area contributed by atoms with Crippen molar-refractivity contribution in [1.29, 1.82) is 0 Å². The van der Waals surface area contributed by atoms with E-state index >= 15 is 0 Å². The van der Waals surface area contributed by atoms with Crippen LogP contribution in [0.3, 0.4) is 0 Å². The number of nitrogens with zero attached hydrogens (tertiary/aromatic N) is 3. The predicted molar refractivity (Wildman–Crippen MR) is 72.2 cm³/mol. The Balaban J connectivity index is 1.67. The second kappa shape index (κ2) is 3.68. The van der Waals surface area contributed by atoms with E-state index in [1.807, 2.05) is 0 Å². The van der Waals surface area contributed by atoms with E-state index in [4.69, 9.17) is 0 Å². The second-order valence-electron chi connectivity index (χ2n) is 5.82. The molecule has 0 unspecified atom stereocenters. The lowest BCUT2D eigenvalue weighted by Gasteiger charge is -2.11. The van der Waals surface area contributed by atoms with Crippen molar-refractivity contribution in [2.45, 2.75) is 25.7 Å². The predicted octanol–water partition coefficient (Wildman–Crippen LogP) is 0.785. The maximum atomic E-state index is 12.4. The van der Waals surface area contributed by atoms with Crippen LogP contribution in [0.4, 0.5) is 5.95 Å². The Kier molecular flexibility index (Phi) is 2.14. The first-order valence-electron chi connectivity index (χ1n) is 6.84. The van der Waals surface area contributed by atoms with E-state index in [1.165, 1.54) is 10.9 Å². The molecule has 2 aromatic rings. The molecule has 2 saturated carbocycles. The fourth-order valence-electron chi connectivity index (χ4n) is 3.44. The number of aromatic nitrogens is 4. The number of aryl methyl sites for hydroxylation is 1. The average molecular weight is 273 g/mol. The third-order valence-corrected chi connectivity index (χ3v) is 4.69. The molecule has 0 spiro atoms. The molecule has 2 heterocycles. The standard InChI is InChI=1S/C13H15N5O2/c1-18-9-8(6-14-18)10(19)16-12(15-9)17-11(20)13-4-2-3-7(13)5-13/h6-7H,2-5H2,1H3,(H2,15,16,17,19,20)/t7-,13-/m1/s1. The number of H-pyrrole nitrogens is 1. The van der Waals surface area contributed by atoms with Gasteiger partial charge in [0, 0.05) is 7.05 Å². The molecule has 7 heteroatoms. The molecule has 2 aliphatic carbocycles. The quantitative estimate of drug-likeness (QED) is 0.845. The molecule has 0 radical (unpaired) electrons. The summed E-state index contributed by atoms with van der Waals surface area (Å²) in [6, 6.07) is 0. The van der Waals surface area contributed by atoms with Crippen LogP contribution in [0.1, 0.15) is 25.7 Å². The van der Waals surface area contributed by atoms with Gasteiger partial charge in [-0.25, -0.2) is 0 Å². The summed E-state index contributed by atoms with van der Waals surface area (Å²) in [5.41, 5.74) is -0.00466. The van der Waals surface area contributed by atoms with Gasteiger partial charge in [-0.1, -0.05) is 6.42 Å². The van der Waals surface area contributed by atoms with E-state index in [9.17, 15) is 9.59 Å². The third-order valence-electron chi connectivity index (χ3n) is 4.69. The number of anilines is 1. The highest BCUT2D eigenvalue weighted by Crippen LogP contribution is 2.63. The maximum Gasteiger partial charge on any atom is 0.263 e. The summed E-state index contributed by atoms with van der Waals surface area (Å²) in [5.74, 6) is 0.724. The molecule has 20 heavy (non-hydrogen) atoms. The Labute approximate surface area is 114 Å². The van der Waals surface area contributed by atoms with Crippen molar-refractivity contribution in [2.24, 2.45) is 18.4 Å². The molecule has 2 atom stereocenters. The molecule has 0 saturated heterocycles. The molecule has 2 N–H and O–H groups in total. The van der Waals surface area contributed by atoms with Crippen molar-refractivity contribution < 1.29 is 4.79 Å². The molecule has 2 fully saturated rings. The molecular weight excluding hydrogens is 258 g/mol. The summed E-state index contributed by atoms with van der Waals surface area (Å²) in [6.45, 7) is 0. The summed E-state index contributed by atoms with van der Waals surface area (Å²) >= 11 is 0. The normalized spacial score (nSPS) is 27.6. The number of carbonyl (C=O) groups is 1. The van der Waals surface area contributed by atoms with Crippen molar-refractivity contribution in [1.82, 2.24) is 19.7 Å². The lowest BCUT2D eigenvalue weighted by atomic mass is 10.0. The largest absolute Gasteiger partial charge is 0.296 e. The van der Waals surface area contributed by atoms with Gasteiger partial charge in [0.25, 0.3) is 5.56 Å². The maximum absolute atomic E-state index is 12.4. The van der Waals surface area contributed by atoms with Crippen LogP contribution >= 0.6 is 0 Å². The van der Waals surface area contributed by atoms with Crippen LogP contribution in [0.25, 0.3) is 11.0 Å². The number of fused-ring (bicyclic) bond motifs is 2. The van der Waals surface area contributed by atoms with Gasteiger partial charge in [-0.05, 0) is 25.2 Å². The van der Waals surface area contributed by atoms with E-state index in [0.29, 0.717) is 17.0 Å². The first-order valence-corrected chi connectivity index (χ1v) is 6.84. The monoisotopic (exact) mass is 273 g/mol. The smallest absolute Gasteiger partial charge is 0.263 e. The fourth-order valence-corrected chi connectivity index (χ4v) is 3.44. The Morgan fingerprint density at radius 1 is 1.60 bits per heavy atom. The van der Waals surface area contributed by atoms with Gasteiger partial charge in [0.2, 0.25) is 11.9 Å².